The summed E-state index contributed by atoms with van der Waals surface area (Å²) >= 11 is 0. The van der Waals surface area contributed by atoms with Gasteiger partial charge in [-0.3, -0.25) is 14.3 Å². The molecule has 3 heterocycles. The van der Waals surface area contributed by atoms with Crippen LogP contribution in [0.1, 0.15) is 12.8 Å². The molecular formula is C17H21N5O3. The number of ether oxygens (including phenoxy) is 1. The molecule has 25 heavy (non-hydrogen) atoms. The van der Waals surface area contributed by atoms with Crippen LogP contribution in [0.5, 0.6) is 0 Å². The monoisotopic (exact) mass is 343 g/mol. The number of hydrogen-bond acceptors (Lipinski definition) is 6. The van der Waals surface area contributed by atoms with Crippen LogP contribution in [0, 0.1) is 0 Å². The van der Waals surface area contributed by atoms with Gasteiger partial charge in [0.05, 0.1) is 18.8 Å². The van der Waals surface area contributed by atoms with Gasteiger partial charge in [0.1, 0.15) is 0 Å². The van der Waals surface area contributed by atoms with Gasteiger partial charge >= 0.3 is 6.09 Å². The summed E-state index contributed by atoms with van der Waals surface area (Å²) in [5, 5.41) is 3.20. The minimum absolute atomic E-state index is 0.0222. The van der Waals surface area contributed by atoms with E-state index in [-0.39, 0.29) is 17.7 Å². The smallest absolute Gasteiger partial charge is 0.409 e. The van der Waals surface area contributed by atoms with Crippen LogP contribution in [0.3, 0.4) is 0 Å². The van der Waals surface area contributed by atoms with Gasteiger partial charge in [-0.1, -0.05) is 0 Å². The first kappa shape index (κ1) is 16.9. The molecule has 0 unspecified atom stereocenters. The summed E-state index contributed by atoms with van der Waals surface area (Å²) in [6, 6.07) is 5.13. The molecule has 3 rings (SSSR count). The van der Waals surface area contributed by atoms with Gasteiger partial charge in [-0.05, 0) is 25.0 Å². The van der Waals surface area contributed by atoms with Gasteiger partial charge in [-0.25, -0.2) is 9.78 Å². The SMILES string of the molecule is COC(=O)N1CCC[C@H]1CNc1nc(-c2ccncc2)cc(=O)n1C. The molecule has 132 valence electrons. The van der Waals surface area contributed by atoms with E-state index in [1.807, 2.05) is 12.1 Å². The molecule has 1 N–H and O–H groups in total. The van der Waals surface area contributed by atoms with E-state index in [0.29, 0.717) is 24.7 Å². The van der Waals surface area contributed by atoms with Crippen LogP contribution in [0.2, 0.25) is 0 Å². The number of carbonyl (C=O) groups excluding carboxylic acids is 1. The largest absolute Gasteiger partial charge is 0.453 e. The van der Waals surface area contributed by atoms with Crippen molar-refractivity contribution in [2.24, 2.45) is 7.05 Å². The Morgan fingerprint density at radius 3 is 2.88 bits per heavy atom. The highest BCUT2D eigenvalue weighted by Gasteiger charge is 2.29. The molecule has 0 saturated carbocycles. The summed E-state index contributed by atoms with van der Waals surface area (Å²) in [5.74, 6) is 0.469. The minimum Gasteiger partial charge on any atom is -0.453 e. The van der Waals surface area contributed by atoms with E-state index in [0.717, 1.165) is 18.4 Å². The van der Waals surface area contributed by atoms with Crippen LogP contribution < -0.4 is 10.9 Å². The predicted molar refractivity (Wildman–Crippen MR) is 93.3 cm³/mol. The molecule has 0 aliphatic carbocycles. The Kier molecular flexibility index (Phi) is 4.97. The quantitative estimate of drug-likeness (QED) is 0.904. The molecule has 1 saturated heterocycles. The van der Waals surface area contributed by atoms with Crippen LogP contribution in [0.15, 0.2) is 35.4 Å². The maximum Gasteiger partial charge on any atom is 0.409 e. The maximum absolute atomic E-state index is 12.2. The summed E-state index contributed by atoms with van der Waals surface area (Å²) in [5.41, 5.74) is 1.26. The fourth-order valence-corrected chi connectivity index (χ4v) is 2.98. The number of nitrogens with zero attached hydrogens (tertiary/aromatic N) is 4. The Morgan fingerprint density at radius 2 is 2.16 bits per heavy atom. The molecule has 1 fully saturated rings. The number of aromatic nitrogens is 3. The van der Waals surface area contributed by atoms with Crippen molar-refractivity contribution in [3.63, 3.8) is 0 Å². The van der Waals surface area contributed by atoms with Crippen molar-refractivity contribution in [2.75, 3.05) is 25.5 Å². The molecule has 0 aromatic carbocycles. The van der Waals surface area contributed by atoms with Crippen LogP contribution in [0.25, 0.3) is 11.3 Å². The van der Waals surface area contributed by atoms with Crippen LogP contribution in [-0.4, -0.2) is 51.8 Å². The zero-order chi connectivity index (χ0) is 17.8. The number of pyridine rings is 1. The Morgan fingerprint density at radius 1 is 1.40 bits per heavy atom. The lowest BCUT2D eigenvalue weighted by Crippen LogP contribution is -2.40. The molecule has 2 aromatic rings. The van der Waals surface area contributed by atoms with Gasteiger partial charge in [0.25, 0.3) is 5.56 Å². The zero-order valence-corrected chi connectivity index (χ0v) is 14.3. The van der Waals surface area contributed by atoms with Crippen LogP contribution in [0.4, 0.5) is 10.7 Å². The van der Waals surface area contributed by atoms with E-state index >= 15 is 0 Å². The topological polar surface area (TPSA) is 89.3 Å². The number of rotatable bonds is 4. The summed E-state index contributed by atoms with van der Waals surface area (Å²) in [6.45, 7) is 1.19. The van der Waals surface area contributed by atoms with Crippen molar-refractivity contribution >= 4 is 12.0 Å². The molecule has 1 aliphatic heterocycles. The van der Waals surface area contributed by atoms with Gasteiger partial charge in [-0.15, -0.1) is 0 Å². The molecule has 2 aromatic heterocycles. The van der Waals surface area contributed by atoms with Gasteiger partial charge in [0.2, 0.25) is 5.95 Å². The molecular weight excluding hydrogens is 322 g/mol. The van der Waals surface area contributed by atoms with Crippen molar-refractivity contribution in [1.82, 2.24) is 19.4 Å². The number of anilines is 1. The normalized spacial score (nSPS) is 16.7. The lowest BCUT2D eigenvalue weighted by Gasteiger charge is -2.24. The number of amides is 1. The first-order chi connectivity index (χ1) is 12.1. The molecule has 1 amide bonds. The highest BCUT2D eigenvalue weighted by atomic mass is 16.5. The maximum atomic E-state index is 12.2. The van der Waals surface area contributed by atoms with Gasteiger partial charge in [0, 0.05) is 44.2 Å². The number of hydrogen-bond donors (Lipinski definition) is 1. The van der Waals surface area contributed by atoms with Crippen molar-refractivity contribution in [3.8, 4) is 11.3 Å². The van der Waals surface area contributed by atoms with Crippen LogP contribution >= 0.6 is 0 Å². The van der Waals surface area contributed by atoms with Crippen molar-refractivity contribution in [3.05, 3.63) is 40.9 Å². The molecule has 0 bridgehead atoms. The lowest BCUT2D eigenvalue weighted by molar-refractivity contribution is 0.120. The van der Waals surface area contributed by atoms with Crippen molar-refractivity contribution < 1.29 is 9.53 Å². The Labute approximate surface area is 145 Å². The predicted octanol–water partition coefficient (Wildman–Crippen LogP) is 1.48. The number of likely N-dealkylation sites (tertiary alicyclic amines) is 1. The van der Waals surface area contributed by atoms with E-state index < -0.39 is 0 Å². The summed E-state index contributed by atoms with van der Waals surface area (Å²) in [4.78, 5) is 34.3. The Hall–Kier alpha value is -2.90. The van der Waals surface area contributed by atoms with E-state index in [2.05, 4.69) is 15.3 Å². The summed E-state index contributed by atoms with van der Waals surface area (Å²) in [6.07, 6.45) is 4.82. The number of nitrogens with one attached hydrogen (secondary N) is 1. The molecule has 0 spiro atoms. The third-order valence-electron chi connectivity index (χ3n) is 4.39. The Bertz CT molecular complexity index is 806. The summed E-state index contributed by atoms with van der Waals surface area (Å²) < 4.78 is 6.28. The zero-order valence-electron chi connectivity index (χ0n) is 14.3. The summed E-state index contributed by atoms with van der Waals surface area (Å²) in [7, 11) is 3.05. The van der Waals surface area contributed by atoms with E-state index in [1.54, 1.807) is 24.3 Å². The van der Waals surface area contributed by atoms with E-state index in [9.17, 15) is 9.59 Å². The number of methoxy groups -OCH3 is 1. The number of carbonyl (C=O) groups is 1. The van der Waals surface area contributed by atoms with Crippen LogP contribution in [-0.2, 0) is 11.8 Å². The lowest BCUT2D eigenvalue weighted by atomic mass is 10.2. The molecule has 8 nitrogen and oxygen atoms in total. The van der Waals surface area contributed by atoms with Gasteiger partial charge in [0.15, 0.2) is 0 Å². The second-order valence-corrected chi connectivity index (χ2v) is 5.94. The van der Waals surface area contributed by atoms with Crippen molar-refractivity contribution in [1.29, 1.82) is 0 Å². The molecule has 0 radical (unpaired) electrons. The average molecular weight is 343 g/mol. The van der Waals surface area contributed by atoms with Gasteiger partial charge < -0.3 is 15.0 Å². The first-order valence-corrected chi connectivity index (χ1v) is 8.17. The Balaban J connectivity index is 1.79. The fraction of sp³-hybridized carbons (Fsp3) is 0.412. The second kappa shape index (κ2) is 7.33. The van der Waals surface area contributed by atoms with E-state index in [4.69, 9.17) is 4.74 Å². The highest BCUT2D eigenvalue weighted by molar-refractivity contribution is 5.68. The fourth-order valence-electron chi connectivity index (χ4n) is 2.98. The highest BCUT2D eigenvalue weighted by Crippen LogP contribution is 2.19. The third kappa shape index (κ3) is 3.62. The molecule has 1 aliphatic rings. The standard InChI is InChI=1S/C17H21N5O3/c1-21-15(23)10-14(12-5-7-18-8-6-12)20-16(21)19-11-13-4-3-9-22(13)17(24)25-2/h5-8,10,13H,3-4,9,11H2,1-2H3,(H,19,20)/t13-/m0/s1. The first-order valence-electron chi connectivity index (χ1n) is 8.17. The third-order valence-corrected chi connectivity index (χ3v) is 4.39. The molecule has 8 heteroatoms. The minimum atomic E-state index is -0.323. The van der Waals surface area contributed by atoms with Crippen molar-refractivity contribution in [2.45, 2.75) is 18.9 Å². The second-order valence-electron chi connectivity index (χ2n) is 5.94. The molecule has 1 atom stereocenters. The van der Waals surface area contributed by atoms with E-state index in [1.165, 1.54) is 17.7 Å². The average Bonchev–Trinajstić information content (AvgIpc) is 3.11. The van der Waals surface area contributed by atoms with Gasteiger partial charge in [-0.2, -0.15) is 0 Å².